The number of benzene rings is 1. The van der Waals surface area contributed by atoms with Gasteiger partial charge in [-0.25, -0.2) is 4.39 Å². The van der Waals surface area contributed by atoms with E-state index in [2.05, 4.69) is 22.4 Å². The van der Waals surface area contributed by atoms with Gasteiger partial charge < -0.3 is 9.73 Å². The molecule has 24 heavy (non-hydrogen) atoms. The monoisotopic (exact) mass is 349 g/mol. The molecule has 0 unspecified atom stereocenters. The largest absolute Gasteiger partial charge is 0.411 e. The van der Waals surface area contributed by atoms with E-state index in [1.807, 2.05) is 0 Å². The van der Waals surface area contributed by atoms with Crippen molar-refractivity contribution >= 4 is 17.7 Å². The molecule has 5 nitrogen and oxygen atoms in total. The Balaban J connectivity index is 1.54. The Hall–Kier alpha value is -1.89. The fourth-order valence-electron chi connectivity index (χ4n) is 2.92. The lowest BCUT2D eigenvalue weighted by molar-refractivity contribution is -0.119. The van der Waals surface area contributed by atoms with Crippen molar-refractivity contribution in [1.82, 2.24) is 15.5 Å². The van der Waals surface area contributed by atoms with Crippen LogP contribution >= 0.6 is 11.8 Å². The first-order valence-electron chi connectivity index (χ1n) is 8.14. The molecule has 1 aliphatic carbocycles. The Labute approximate surface area is 144 Å². The fraction of sp³-hybridized carbons (Fsp3) is 0.471. The van der Waals surface area contributed by atoms with Gasteiger partial charge in [0.2, 0.25) is 5.91 Å². The normalized spacial score (nSPS) is 20.8. The summed E-state index contributed by atoms with van der Waals surface area (Å²) in [5.41, 5.74) is 0.261. The van der Waals surface area contributed by atoms with Crippen molar-refractivity contribution in [3.63, 3.8) is 0 Å². The van der Waals surface area contributed by atoms with Crippen LogP contribution in [0.2, 0.25) is 0 Å². The predicted molar refractivity (Wildman–Crippen MR) is 90.0 cm³/mol. The van der Waals surface area contributed by atoms with Crippen LogP contribution < -0.4 is 5.32 Å². The summed E-state index contributed by atoms with van der Waals surface area (Å²) in [4.78, 5) is 12.1. The average Bonchev–Trinajstić information content (AvgIpc) is 3.04. The molecule has 0 saturated heterocycles. The van der Waals surface area contributed by atoms with E-state index >= 15 is 0 Å². The van der Waals surface area contributed by atoms with Crippen molar-refractivity contribution in [3.8, 4) is 11.5 Å². The molecule has 3 rings (SSSR count). The Morgan fingerprint density at radius 3 is 2.92 bits per heavy atom. The minimum Gasteiger partial charge on any atom is -0.411 e. The van der Waals surface area contributed by atoms with Crippen molar-refractivity contribution in [3.05, 3.63) is 30.1 Å². The highest BCUT2D eigenvalue weighted by Gasteiger charge is 2.23. The summed E-state index contributed by atoms with van der Waals surface area (Å²) in [6.07, 6.45) is 4.60. The van der Waals surface area contributed by atoms with Crippen LogP contribution in [0.25, 0.3) is 11.5 Å². The molecule has 1 N–H and O–H groups in total. The average molecular weight is 349 g/mol. The Morgan fingerprint density at radius 1 is 1.33 bits per heavy atom. The number of carbonyl (C=O) groups excluding carboxylic acids is 1. The smallest absolute Gasteiger partial charge is 0.277 e. The molecular weight excluding hydrogens is 329 g/mol. The lowest BCUT2D eigenvalue weighted by atomic mass is 9.86. The number of halogens is 1. The van der Waals surface area contributed by atoms with Crippen LogP contribution in [0.1, 0.15) is 32.6 Å². The maximum Gasteiger partial charge on any atom is 0.277 e. The van der Waals surface area contributed by atoms with Crippen LogP contribution in [-0.4, -0.2) is 27.9 Å². The highest BCUT2D eigenvalue weighted by molar-refractivity contribution is 7.99. The van der Waals surface area contributed by atoms with Crippen LogP contribution in [0.15, 0.2) is 33.9 Å². The quantitative estimate of drug-likeness (QED) is 0.834. The van der Waals surface area contributed by atoms with Crippen molar-refractivity contribution in [2.24, 2.45) is 5.92 Å². The topological polar surface area (TPSA) is 68.0 Å². The number of aromatic nitrogens is 2. The van der Waals surface area contributed by atoms with Crippen LogP contribution in [0.5, 0.6) is 0 Å². The molecule has 1 saturated carbocycles. The van der Waals surface area contributed by atoms with Crippen molar-refractivity contribution in [2.75, 3.05) is 5.75 Å². The molecule has 1 amide bonds. The molecule has 0 spiro atoms. The van der Waals surface area contributed by atoms with Crippen LogP contribution in [-0.2, 0) is 4.79 Å². The molecule has 128 valence electrons. The summed E-state index contributed by atoms with van der Waals surface area (Å²) in [5.74, 6) is 0.397. The summed E-state index contributed by atoms with van der Waals surface area (Å²) in [7, 11) is 0. The number of nitrogens with zero attached hydrogens (tertiary/aromatic N) is 2. The van der Waals surface area contributed by atoms with Crippen LogP contribution in [0.3, 0.4) is 0 Å². The van der Waals surface area contributed by atoms with Gasteiger partial charge in [0.15, 0.2) is 0 Å². The fourth-order valence-corrected chi connectivity index (χ4v) is 3.49. The second kappa shape index (κ2) is 7.79. The summed E-state index contributed by atoms with van der Waals surface area (Å²) >= 11 is 1.16. The molecule has 0 aliphatic heterocycles. The van der Waals surface area contributed by atoms with Crippen molar-refractivity contribution in [1.29, 1.82) is 0 Å². The number of nitrogens with one attached hydrogen (secondary N) is 1. The molecule has 1 heterocycles. The SMILES string of the molecule is C[C@H]1CCCC[C@H]1NC(=O)CSc1nnc(-c2ccccc2F)o1. The lowest BCUT2D eigenvalue weighted by Gasteiger charge is -2.29. The maximum absolute atomic E-state index is 13.7. The summed E-state index contributed by atoms with van der Waals surface area (Å²) in [6.45, 7) is 2.18. The van der Waals surface area contributed by atoms with E-state index in [4.69, 9.17) is 4.42 Å². The second-order valence-corrected chi connectivity index (χ2v) is 7.00. The van der Waals surface area contributed by atoms with Gasteiger partial charge in [0.1, 0.15) is 5.82 Å². The number of carbonyl (C=O) groups is 1. The first kappa shape index (κ1) is 17.0. The van der Waals surface area contributed by atoms with E-state index in [0.29, 0.717) is 5.92 Å². The Morgan fingerprint density at radius 2 is 2.12 bits per heavy atom. The molecule has 7 heteroatoms. The zero-order chi connectivity index (χ0) is 16.9. The molecule has 1 fully saturated rings. The van der Waals surface area contributed by atoms with Crippen LogP contribution in [0, 0.1) is 11.7 Å². The number of hydrogen-bond donors (Lipinski definition) is 1. The van der Waals surface area contributed by atoms with Gasteiger partial charge in [-0.05, 0) is 30.9 Å². The zero-order valence-corrected chi connectivity index (χ0v) is 14.3. The van der Waals surface area contributed by atoms with E-state index in [1.165, 1.54) is 12.5 Å². The van der Waals surface area contributed by atoms with Crippen molar-refractivity contribution < 1.29 is 13.6 Å². The molecule has 0 radical (unpaired) electrons. The molecule has 1 aromatic carbocycles. The highest BCUT2D eigenvalue weighted by Crippen LogP contribution is 2.26. The van der Waals surface area contributed by atoms with Gasteiger partial charge in [-0.3, -0.25) is 4.79 Å². The molecular formula is C17H20FN3O2S. The molecule has 0 bridgehead atoms. The van der Waals surface area contributed by atoms with Gasteiger partial charge in [-0.1, -0.05) is 43.7 Å². The predicted octanol–water partition coefficient (Wildman–Crippen LogP) is 3.66. The van der Waals surface area contributed by atoms with Gasteiger partial charge in [0.25, 0.3) is 11.1 Å². The number of hydrogen-bond acceptors (Lipinski definition) is 5. The number of thioether (sulfide) groups is 1. The standard InChI is InChI=1S/C17H20FN3O2S/c1-11-6-2-5-9-14(11)19-15(22)10-24-17-21-20-16(23-17)12-7-3-4-8-13(12)18/h3-4,7-8,11,14H,2,5-6,9-10H2,1H3,(H,19,22)/t11-,14+/m0/s1. The minimum atomic E-state index is -0.415. The second-order valence-electron chi connectivity index (χ2n) is 6.08. The molecule has 1 aliphatic rings. The third-order valence-electron chi connectivity index (χ3n) is 4.30. The third kappa shape index (κ3) is 4.14. The van der Waals surface area contributed by atoms with Gasteiger partial charge >= 0.3 is 0 Å². The third-order valence-corrected chi connectivity index (χ3v) is 5.11. The van der Waals surface area contributed by atoms with Crippen molar-refractivity contribution in [2.45, 2.75) is 43.9 Å². The maximum atomic E-state index is 13.7. The molecule has 1 aromatic heterocycles. The summed E-state index contributed by atoms with van der Waals surface area (Å²) < 4.78 is 19.1. The molecule has 2 aromatic rings. The Kier molecular flexibility index (Phi) is 5.50. The van der Waals surface area contributed by atoms with E-state index < -0.39 is 5.82 Å². The minimum absolute atomic E-state index is 0.0376. The van der Waals surface area contributed by atoms with Gasteiger partial charge in [-0.2, -0.15) is 0 Å². The van der Waals surface area contributed by atoms with E-state index in [0.717, 1.165) is 31.0 Å². The zero-order valence-electron chi connectivity index (χ0n) is 13.5. The summed E-state index contributed by atoms with van der Waals surface area (Å²) in [6, 6.07) is 6.47. The van der Waals surface area contributed by atoms with Gasteiger partial charge in [-0.15, -0.1) is 10.2 Å². The van der Waals surface area contributed by atoms with Gasteiger partial charge in [0.05, 0.1) is 11.3 Å². The first-order chi connectivity index (χ1) is 11.6. The van der Waals surface area contributed by atoms with E-state index in [9.17, 15) is 9.18 Å². The van der Waals surface area contributed by atoms with Gasteiger partial charge in [0, 0.05) is 6.04 Å². The first-order valence-corrected chi connectivity index (χ1v) is 9.12. The Bertz CT molecular complexity index is 707. The molecule has 2 atom stereocenters. The number of amides is 1. The highest BCUT2D eigenvalue weighted by atomic mass is 32.2. The van der Waals surface area contributed by atoms with E-state index in [1.54, 1.807) is 18.2 Å². The lowest BCUT2D eigenvalue weighted by Crippen LogP contribution is -2.41. The van der Waals surface area contributed by atoms with Crippen LogP contribution in [0.4, 0.5) is 4.39 Å². The van der Waals surface area contributed by atoms with E-state index in [-0.39, 0.29) is 34.4 Å². The summed E-state index contributed by atoms with van der Waals surface area (Å²) in [5, 5.41) is 11.1. The number of rotatable bonds is 5.